The largest absolute Gasteiger partial charge is 0.390 e. The monoisotopic (exact) mass is 364 g/mol. The van der Waals surface area contributed by atoms with Crippen LogP contribution in [0.25, 0.3) is 0 Å². The average Bonchev–Trinajstić information content (AvgIpc) is 2.93. The van der Waals surface area contributed by atoms with E-state index >= 15 is 4.39 Å². The van der Waals surface area contributed by atoms with Gasteiger partial charge in [0.1, 0.15) is 12.3 Å². The molecule has 3 fully saturated rings. The van der Waals surface area contributed by atoms with Gasteiger partial charge in [-0.25, -0.2) is 4.39 Å². The molecule has 26 heavy (non-hydrogen) atoms. The first kappa shape index (κ1) is 18.3. The Morgan fingerprint density at radius 1 is 1.23 bits per heavy atom. The van der Waals surface area contributed by atoms with Gasteiger partial charge in [0, 0.05) is 23.7 Å². The molecule has 0 aliphatic heterocycles. The summed E-state index contributed by atoms with van der Waals surface area (Å²) in [6.07, 6.45) is 4.23. The summed E-state index contributed by atoms with van der Waals surface area (Å²) in [6, 6.07) is 0. The molecular formula is C21H29FO4. The number of hydrogen-bond acceptors (Lipinski definition) is 4. The number of halogens is 1. The number of aliphatic hydroxyl groups excluding tert-OH is 2. The Morgan fingerprint density at radius 2 is 1.96 bits per heavy atom. The third-order valence-electron chi connectivity index (χ3n) is 8.58. The average molecular weight is 364 g/mol. The van der Waals surface area contributed by atoms with E-state index in [-0.39, 0.29) is 35.7 Å². The van der Waals surface area contributed by atoms with E-state index in [4.69, 9.17) is 0 Å². The molecule has 4 rings (SSSR count). The number of hydrogen-bond donors (Lipinski definition) is 2. The maximum Gasteiger partial charge on any atom is 0.161 e. The highest BCUT2D eigenvalue weighted by atomic mass is 19.1. The number of fused-ring (bicyclic) bond motifs is 5. The predicted octanol–water partition coefficient (Wildman–Crippen LogP) is 2.76. The Bertz CT molecular complexity index is 687. The van der Waals surface area contributed by atoms with Gasteiger partial charge >= 0.3 is 0 Å². The second-order valence-electron chi connectivity index (χ2n) is 9.47. The van der Waals surface area contributed by atoms with Gasteiger partial charge in [-0.1, -0.05) is 19.4 Å². The van der Waals surface area contributed by atoms with E-state index < -0.39 is 29.2 Å². The highest BCUT2D eigenvalue weighted by Gasteiger charge is 2.71. The zero-order valence-electron chi connectivity index (χ0n) is 15.6. The molecular weight excluding hydrogens is 335 g/mol. The minimum absolute atomic E-state index is 0.0346. The molecule has 0 aromatic rings. The van der Waals surface area contributed by atoms with Gasteiger partial charge in [-0.3, -0.25) is 9.59 Å². The van der Waals surface area contributed by atoms with Gasteiger partial charge in [0.2, 0.25) is 0 Å². The number of carbonyl (C=O) groups is 2. The first-order chi connectivity index (χ1) is 12.2. The summed E-state index contributed by atoms with van der Waals surface area (Å²) < 4.78 is 16.7. The summed E-state index contributed by atoms with van der Waals surface area (Å²) >= 11 is 0. The molecule has 0 aromatic carbocycles. The Kier molecular flexibility index (Phi) is 4.02. The lowest BCUT2D eigenvalue weighted by molar-refractivity contribution is -0.208. The quantitative estimate of drug-likeness (QED) is 0.790. The third-order valence-corrected chi connectivity index (χ3v) is 8.58. The summed E-state index contributed by atoms with van der Waals surface area (Å²) in [6.45, 7) is 3.40. The number of carbonyl (C=O) groups excluding carboxylic acids is 2. The summed E-state index contributed by atoms with van der Waals surface area (Å²) in [7, 11) is 0. The molecule has 0 aromatic heterocycles. The fraction of sp³-hybridized carbons (Fsp3) is 0.810. The lowest BCUT2D eigenvalue weighted by Gasteiger charge is -2.62. The normalized spacial score (nSPS) is 50.5. The SMILES string of the molecule is C[C@]12CC(O)[C@@]3(F)[C@@H](CCC4=CC(=O)CC[C@@]43C)[C@@H]1CC[C@@H]2C(=O)CO. The van der Waals surface area contributed by atoms with E-state index in [0.717, 1.165) is 12.0 Å². The molecule has 2 N–H and O–H groups in total. The van der Waals surface area contributed by atoms with Crippen molar-refractivity contribution in [2.75, 3.05) is 6.61 Å². The van der Waals surface area contributed by atoms with Crippen molar-refractivity contribution in [2.45, 2.75) is 70.6 Å². The molecule has 1 unspecified atom stereocenters. The first-order valence-electron chi connectivity index (χ1n) is 9.93. The van der Waals surface area contributed by atoms with Crippen LogP contribution < -0.4 is 0 Å². The van der Waals surface area contributed by atoms with Crippen LogP contribution in [0.5, 0.6) is 0 Å². The standard InChI is InChI=1S/C21H29FO4/c1-19-10-18(26)21(22)15(14(19)5-6-16(19)17(25)11-23)4-3-12-9-13(24)7-8-20(12,21)2/h9,14-16,18,23,26H,3-8,10-11H2,1-2H3/t14-,15-,16+,18?,19-,20-,21-/m0/s1. The molecule has 5 heteroatoms. The number of allylic oxidation sites excluding steroid dienone is 1. The molecule has 0 bridgehead atoms. The van der Waals surface area contributed by atoms with Crippen molar-refractivity contribution in [1.29, 1.82) is 0 Å². The van der Waals surface area contributed by atoms with Crippen LogP contribution in [0.2, 0.25) is 0 Å². The molecule has 0 heterocycles. The maximum atomic E-state index is 16.7. The Hall–Kier alpha value is -1.07. The number of alkyl halides is 1. The minimum Gasteiger partial charge on any atom is -0.390 e. The van der Waals surface area contributed by atoms with Crippen molar-refractivity contribution in [1.82, 2.24) is 0 Å². The van der Waals surface area contributed by atoms with E-state index in [1.807, 2.05) is 13.8 Å². The smallest absolute Gasteiger partial charge is 0.161 e. The Morgan fingerprint density at radius 3 is 2.65 bits per heavy atom. The number of Topliss-reactive ketones (excluding diaryl/α,β-unsaturated/α-hetero) is 1. The lowest BCUT2D eigenvalue weighted by atomic mass is 9.44. The molecule has 7 atom stereocenters. The van der Waals surface area contributed by atoms with E-state index in [0.29, 0.717) is 32.1 Å². The highest BCUT2D eigenvalue weighted by molar-refractivity contribution is 5.91. The third kappa shape index (κ3) is 2.07. The summed E-state index contributed by atoms with van der Waals surface area (Å²) in [5, 5.41) is 20.4. The van der Waals surface area contributed by atoms with Crippen LogP contribution in [0.4, 0.5) is 4.39 Å². The van der Waals surface area contributed by atoms with Crippen molar-refractivity contribution < 1.29 is 24.2 Å². The fourth-order valence-electron chi connectivity index (χ4n) is 7.21. The molecule has 3 saturated carbocycles. The van der Waals surface area contributed by atoms with Crippen LogP contribution in [0.15, 0.2) is 11.6 Å². The molecule has 0 radical (unpaired) electrons. The second kappa shape index (κ2) is 5.71. The zero-order chi connectivity index (χ0) is 18.9. The summed E-state index contributed by atoms with van der Waals surface area (Å²) in [5.41, 5.74) is -2.15. The van der Waals surface area contributed by atoms with Crippen LogP contribution >= 0.6 is 0 Å². The van der Waals surface area contributed by atoms with Gasteiger partial charge in [0.05, 0.1) is 6.10 Å². The summed E-state index contributed by atoms with van der Waals surface area (Å²) in [5.74, 6) is -0.687. The van der Waals surface area contributed by atoms with E-state index in [9.17, 15) is 19.8 Å². The van der Waals surface area contributed by atoms with Gasteiger partial charge in [0.15, 0.2) is 11.6 Å². The second-order valence-corrected chi connectivity index (χ2v) is 9.47. The highest BCUT2D eigenvalue weighted by Crippen LogP contribution is 2.69. The van der Waals surface area contributed by atoms with Crippen molar-refractivity contribution in [3.63, 3.8) is 0 Å². The van der Waals surface area contributed by atoms with E-state index in [1.165, 1.54) is 0 Å². The number of aliphatic hydroxyl groups is 2. The van der Waals surface area contributed by atoms with Crippen LogP contribution in [-0.4, -0.2) is 40.2 Å². The molecule has 144 valence electrons. The van der Waals surface area contributed by atoms with Gasteiger partial charge in [-0.2, -0.15) is 0 Å². The van der Waals surface area contributed by atoms with Gasteiger partial charge in [-0.05, 0) is 55.9 Å². The van der Waals surface area contributed by atoms with E-state index in [1.54, 1.807) is 6.08 Å². The van der Waals surface area contributed by atoms with Crippen LogP contribution in [0.1, 0.15) is 58.8 Å². The van der Waals surface area contributed by atoms with E-state index in [2.05, 4.69) is 0 Å². The summed E-state index contributed by atoms with van der Waals surface area (Å²) in [4.78, 5) is 24.1. The van der Waals surface area contributed by atoms with Crippen LogP contribution in [0.3, 0.4) is 0 Å². The Labute approximate surface area is 153 Å². The fourth-order valence-corrected chi connectivity index (χ4v) is 7.21. The minimum atomic E-state index is -1.75. The van der Waals surface area contributed by atoms with Gasteiger partial charge < -0.3 is 10.2 Å². The Balaban J connectivity index is 1.77. The topological polar surface area (TPSA) is 74.6 Å². The number of rotatable bonds is 2. The van der Waals surface area contributed by atoms with Crippen molar-refractivity contribution >= 4 is 11.6 Å². The van der Waals surface area contributed by atoms with Crippen molar-refractivity contribution in [3.05, 3.63) is 11.6 Å². The van der Waals surface area contributed by atoms with Gasteiger partial charge in [0.25, 0.3) is 0 Å². The van der Waals surface area contributed by atoms with Gasteiger partial charge in [-0.15, -0.1) is 0 Å². The molecule has 4 aliphatic rings. The predicted molar refractivity (Wildman–Crippen MR) is 94.0 cm³/mol. The van der Waals surface area contributed by atoms with Crippen molar-refractivity contribution in [3.8, 4) is 0 Å². The molecule has 4 aliphatic carbocycles. The van der Waals surface area contributed by atoms with Crippen LogP contribution in [-0.2, 0) is 9.59 Å². The lowest BCUT2D eigenvalue weighted by Crippen LogP contribution is -2.67. The maximum absolute atomic E-state index is 16.7. The number of ketones is 2. The molecule has 0 amide bonds. The first-order valence-corrected chi connectivity index (χ1v) is 9.93. The molecule has 0 spiro atoms. The van der Waals surface area contributed by atoms with Crippen LogP contribution in [0, 0.1) is 28.6 Å². The van der Waals surface area contributed by atoms with Crippen molar-refractivity contribution in [2.24, 2.45) is 28.6 Å². The molecule has 0 saturated heterocycles. The zero-order valence-corrected chi connectivity index (χ0v) is 15.6. The molecule has 4 nitrogen and oxygen atoms in total.